The zero-order valence-corrected chi connectivity index (χ0v) is 24.2. The van der Waals surface area contributed by atoms with Gasteiger partial charge in [0.1, 0.15) is 12.4 Å². The number of fused-ring (bicyclic) bond motifs is 1. The van der Waals surface area contributed by atoms with Gasteiger partial charge in [0.2, 0.25) is 11.8 Å². The number of anilines is 1. The molecule has 1 atom stereocenters. The quantitative estimate of drug-likeness (QED) is 0.422. The predicted molar refractivity (Wildman–Crippen MR) is 155 cm³/mol. The number of carbonyl (C=O) groups excluding carboxylic acids is 2. The summed E-state index contributed by atoms with van der Waals surface area (Å²) < 4.78 is 1.94. The third-order valence-corrected chi connectivity index (χ3v) is 8.84. The SMILES string of the molecule is Cc1ccc(-n2nc(C(C)(C)C)c3c2N(CC(=O)N2CCCC2)C(=O)CSC3c2ccccc2C)c(C)c1. The van der Waals surface area contributed by atoms with Gasteiger partial charge in [0, 0.05) is 24.1 Å². The number of aromatic nitrogens is 2. The molecule has 2 aromatic carbocycles. The van der Waals surface area contributed by atoms with E-state index in [1.807, 2.05) is 9.58 Å². The highest BCUT2D eigenvalue weighted by atomic mass is 32.2. The molecule has 200 valence electrons. The van der Waals surface area contributed by atoms with Gasteiger partial charge in [-0.3, -0.25) is 14.5 Å². The van der Waals surface area contributed by atoms with Crippen molar-refractivity contribution in [3.05, 3.63) is 76.0 Å². The van der Waals surface area contributed by atoms with E-state index >= 15 is 0 Å². The fourth-order valence-electron chi connectivity index (χ4n) is 5.61. The van der Waals surface area contributed by atoms with Crippen molar-refractivity contribution in [1.29, 1.82) is 0 Å². The van der Waals surface area contributed by atoms with Gasteiger partial charge in [-0.1, -0.05) is 62.7 Å². The number of aryl methyl sites for hydroxylation is 3. The molecular formula is C31H38N4O2S. The van der Waals surface area contributed by atoms with E-state index in [1.54, 1.807) is 16.7 Å². The fraction of sp³-hybridized carbons (Fsp3) is 0.452. The molecule has 2 amide bonds. The highest BCUT2D eigenvalue weighted by Crippen LogP contribution is 2.49. The second kappa shape index (κ2) is 10.3. The van der Waals surface area contributed by atoms with Crippen LogP contribution in [0, 0.1) is 20.8 Å². The van der Waals surface area contributed by atoms with Crippen LogP contribution in [0.15, 0.2) is 42.5 Å². The molecule has 0 bridgehead atoms. The van der Waals surface area contributed by atoms with Crippen LogP contribution in [0.1, 0.15) is 72.4 Å². The van der Waals surface area contributed by atoms with E-state index in [1.165, 1.54) is 16.7 Å². The van der Waals surface area contributed by atoms with Gasteiger partial charge in [-0.05, 0) is 56.4 Å². The van der Waals surface area contributed by atoms with Gasteiger partial charge >= 0.3 is 0 Å². The fourth-order valence-corrected chi connectivity index (χ4v) is 6.91. The van der Waals surface area contributed by atoms with Gasteiger partial charge in [-0.25, -0.2) is 4.68 Å². The van der Waals surface area contributed by atoms with Crippen LogP contribution in [0.5, 0.6) is 0 Å². The second-order valence-electron chi connectivity index (χ2n) is 11.7. The molecule has 6 nitrogen and oxygen atoms in total. The van der Waals surface area contributed by atoms with Crippen molar-refractivity contribution in [3.8, 4) is 5.69 Å². The molecule has 2 aliphatic heterocycles. The molecule has 3 aromatic rings. The molecule has 1 aromatic heterocycles. The minimum Gasteiger partial charge on any atom is -0.341 e. The standard InChI is InChI=1S/C31H38N4O2S/c1-20-13-14-24(22(3)17-20)35-30-27(29(32-35)31(4,5)6)28(23-12-8-7-11-21(23)2)38-19-26(37)34(30)18-25(36)33-15-9-10-16-33/h7-8,11-14,17,28H,9-10,15-16,18-19H2,1-6H3. The van der Waals surface area contributed by atoms with E-state index in [0.29, 0.717) is 5.75 Å². The molecule has 1 saturated heterocycles. The molecule has 5 rings (SSSR count). The minimum atomic E-state index is -0.270. The highest BCUT2D eigenvalue weighted by molar-refractivity contribution is 8.00. The third kappa shape index (κ3) is 4.89. The Morgan fingerprint density at radius 1 is 1.03 bits per heavy atom. The van der Waals surface area contributed by atoms with E-state index in [9.17, 15) is 9.59 Å². The Balaban J connectivity index is 1.79. The Kier molecular flexibility index (Phi) is 7.16. The van der Waals surface area contributed by atoms with E-state index < -0.39 is 0 Å². The molecule has 38 heavy (non-hydrogen) atoms. The summed E-state index contributed by atoms with van der Waals surface area (Å²) in [5, 5.41) is 5.17. The lowest BCUT2D eigenvalue weighted by Crippen LogP contribution is -2.43. The van der Waals surface area contributed by atoms with Gasteiger partial charge < -0.3 is 4.90 Å². The number of benzene rings is 2. The molecule has 0 saturated carbocycles. The molecule has 0 radical (unpaired) electrons. The topological polar surface area (TPSA) is 58.4 Å². The summed E-state index contributed by atoms with van der Waals surface area (Å²) in [7, 11) is 0. The van der Waals surface area contributed by atoms with Crippen LogP contribution in [-0.2, 0) is 15.0 Å². The molecule has 3 heterocycles. The van der Waals surface area contributed by atoms with Crippen LogP contribution in [0.4, 0.5) is 5.82 Å². The molecule has 0 N–H and O–H groups in total. The first-order valence-electron chi connectivity index (χ1n) is 13.5. The number of hydrogen-bond donors (Lipinski definition) is 0. The Labute approximate surface area is 230 Å². The monoisotopic (exact) mass is 530 g/mol. The van der Waals surface area contributed by atoms with Gasteiger partial charge in [-0.15, -0.1) is 11.8 Å². The van der Waals surface area contributed by atoms with Crippen LogP contribution in [0.3, 0.4) is 0 Å². The van der Waals surface area contributed by atoms with E-state index in [-0.39, 0.29) is 29.0 Å². The minimum absolute atomic E-state index is 0.00632. The maximum absolute atomic E-state index is 13.9. The highest BCUT2D eigenvalue weighted by Gasteiger charge is 2.40. The van der Waals surface area contributed by atoms with Crippen molar-refractivity contribution in [2.45, 2.75) is 65.0 Å². The summed E-state index contributed by atoms with van der Waals surface area (Å²) in [4.78, 5) is 30.9. The lowest BCUT2D eigenvalue weighted by Gasteiger charge is -2.26. The average Bonchev–Trinajstić information content (AvgIpc) is 3.50. The van der Waals surface area contributed by atoms with E-state index in [0.717, 1.165) is 54.3 Å². The summed E-state index contributed by atoms with van der Waals surface area (Å²) in [5.41, 5.74) is 7.29. The molecule has 1 fully saturated rings. The van der Waals surface area contributed by atoms with Crippen LogP contribution >= 0.6 is 11.8 Å². The molecule has 1 unspecified atom stereocenters. The Morgan fingerprint density at radius 3 is 2.39 bits per heavy atom. The van der Waals surface area contributed by atoms with Crippen molar-refractivity contribution < 1.29 is 9.59 Å². The number of likely N-dealkylation sites (tertiary alicyclic amines) is 1. The first-order valence-corrected chi connectivity index (χ1v) is 14.6. The molecule has 0 spiro atoms. The van der Waals surface area contributed by atoms with Gasteiger partial charge in [0.15, 0.2) is 0 Å². The summed E-state index contributed by atoms with van der Waals surface area (Å²) in [5.74, 6) is 0.994. The number of carbonyl (C=O) groups is 2. The summed E-state index contributed by atoms with van der Waals surface area (Å²) >= 11 is 1.64. The van der Waals surface area contributed by atoms with Crippen LogP contribution < -0.4 is 4.90 Å². The van der Waals surface area contributed by atoms with Crippen LogP contribution in [-0.4, -0.2) is 51.9 Å². The molecule has 2 aliphatic rings. The predicted octanol–water partition coefficient (Wildman–Crippen LogP) is 5.89. The van der Waals surface area contributed by atoms with Crippen molar-refractivity contribution in [3.63, 3.8) is 0 Å². The molecular weight excluding hydrogens is 492 g/mol. The third-order valence-electron chi connectivity index (χ3n) is 7.60. The maximum atomic E-state index is 13.9. The van der Waals surface area contributed by atoms with Crippen molar-refractivity contribution in [1.82, 2.24) is 14.7 Å². The summed E-state index contributed by atoms with van der Waals surface area (Å²) in [6.07, 6.45) is 2.04. The summed E-state index contributed by atoms with van der Waals surface area (Å²) in [6.45, 7) is 14.4. The van der Waals surface area contributed by atoms with Crippen molar-refractivity contribution in [2.24, 2.45) is 0 Å². The van der Waals surface area contributed by atoms with Crippen LogP contribution in [0.2, 0.25) is 0 Å². The van der Waals surface area contributed by atoms with Crippen LogP contribution in [0.25, 0.3) is 5.69 Å². The first-order chi connectivity index (χ1) is 18.1. The average molecular weight is 531 g/mol. The number of amides is 2. The second-order valence-corrected chi connectivity index (χ2v) is 12.7. The lowest BCUT2D eigenvalue weighted by molar-refractivity contribution is -0.130. The Bertz CT molecular complexity index is 1380. The molecule has 7 heteroatoms. The number of thioether (sulfide) groups is 1. The number of nitrogens with zero attached hydrogens (tertiary/aromatic N) is 4. The van der Waals surface area contributed by atoms with Crippen molar-refractivity contribution in [2.75, 3.05) is 30.3 Å². The maximum Gasteiger partial charge on any atom is 0.242 e. The first kappa shape index (κ1) is 26.5. The summed E-state index contributed by atoms with van der Waals surface area (Å²) in [6, 6.07) is 14.7. The zero-order valence-electron chi connectivity index (χ0n) is 23.4. The normalized spacial score (nSPS) is 18.1. The zero-order chi connectivity index (χ0) is 27.2. The largest absolute Gasteiger partial charge is 0.341 e. The van der Waals surface area contributed by atoms with Gasteiger partial charge in [0.05, 0.1) is 22.4 Å². The number of rotatable bonds is 4. The van der Waals surface area contributed by atoms with Gasteiger partial charge in [-0.2, -0.15) is 5.10 Å². The Hall–Kier alpha value is -3.06. The lowest BCUT2D eigenvalue weighted by atomic mass is 9.86. The van der Waals surface area contributed by atoms with Gasteiger partial charge in [0.25, 0.3) is 0 Å². The van der Waals surface area contributed by atoms with E-state index in [4.69, 9.17) is 5.10 Å². The number of hydrogen-bond acceptors (Lipinski definition) is 4. The Morgan fingerprint density at radius 2 is 1.74 bits per heavy atom. The smallest absolute Gasteiger partial charge is 0.242 e. The van der Waals surface area contributed by atoms with E-state index in [2.05, 4.69) is 84.0 Å². The molecule has 0 aliphatic carbocycles. The van der Waals surface area contributed by atoms with Crippen molar-refractivity contribution >= 4 is 29.4 Å².